The van der Waals surface area contributed by atoms with Gasteiger partial charge in [0, 0.05) is 24.0 Å². The van der Waals surface area contributed by atoms with Crippen molar-refractivity contribution in [2.24, 2.45) is 7.05 Å². The summed E-state index contributed by atoms with van der Waals surface area (Å²) < 4.78 is 15.6. The van der Waals surface area contributed by atoms with Crippen LogP contribution in [0, 0.1) is 5.82 Å². The van der Waals surface area contributed by atoms with Crippen molar-refractivity contribution in [1.82, 2.24) is 4.57 Å². The fourth-order valence-corrected chi connectivity index (χ4v) is 3.65. The van der Waals surface area contributed by atoms with Crippen molar-refractivity contribution in [3.05, 3.63) is 72.7 Å². The van der Waals surface area contributed by atoms with Crippen molar-refractivity contribution in [3.63, 3.8) is 0 Å². The van der Waals surface area contributed by atoms with Crippen molar-refractivity contribution in [1.29, 1.82) is 0 Å². The molecule has 0 spiro atoms. The van der Waals surface area contributed by atoms with Gasteiger partial charge in [0.15, 0.2) is 0 Å². The monoisotopic (exact) mass is 299 g/mol. The lowest BCUT2D eigenvalue weighted by Crippen LogP contribution is -1.87. The molecule has 0 radical (unpaired) electrons. The predicted molar refractivity (Wildman–Crippen MR) is 95.4 cm³/mol. The number of fused-ring (bicyclic) bond motifs is 6. The molecule has 4 aromatic carbocycles. The molecule has 0 aliphatic heterocycles. The summed E-state index contributed by atoms with van der Waals surface area (Å²) >= 11 is 0. The minimum Gasteiger partial charge on any atom is -0.350 e. The molecule has 2 heteroatoms. The molecule has 0 saturated carbocycles. The Labute approximate surface area is 132 Å². The fraction of sp³-hybridized carbons (Fsp3) is 0.0476. The van der Waals surface area contributed by atoms with Crippen molar-refractivity contribution in [2.45, 2.75) is 0 Å². The van der Waals surface area contributed by atoms with E-state index in [1.807, 2.05) is 6.07 Å². The Balaban J connectivity index is 2.00. The van der Waals surface area contributed by atoms with Crippen LogP contribution in [0.4, 0.5) is 4.39 Å². The first kappa shape index (κ1) is 12.7. The Morgan fingerprint density at radius 3 is 2.35 bits per heavy atom. The quantitative estimate of drug-likeness (QED) is 0.252. The van der Waals surface area contributed by atoms with Crippen LogP contribution in [0.15, 0.2) is 66.9 Å². The molecule has 0 bridgehead atoms. The van der Waals surface area contributed by atoms with Gasteiger partial charge >= 0.3 is 0 Å². The van der Waals surface area contributed by atoms with Crippen molar-refractivity contribution >= 4 is 43.2 Å². The molecule has 110 valence electrons. The first-order valence-electron chi connectivity index (χ1n) is 7.70. The zero-order valence-electron chi connectivity index (χ0n) is 12.7. The van der Waals surface area contributed by atoms with E-state index in [-0.39, 0.29) is 5.82 Å². The van der Waals surface area contributed by atoms with Crippen molar-refractivity contribution in [3.8, 4) is 0 Å². The first-order chi connectivity index (χ1) is 11.2. The molecule has 0 saturated heterocycles. The van der Waals surface area contributed by atoms with Gasteiger partial charge in [-0.1, -0.05) is 30.3 Å². The number of benzene rings is 4. The third-order valence-electron chi connectivity index (χ3n) is 4.77. The third kappa shape index (κ3) is 1.72. The molecule has 5 aromatic rings. The Bertz CT molecular complexity index is 1230. The minimum atomic E-state index is -0.192. The van der Waals surface area contributed by atoms with E-state index in [1.54, 1.807) is 6.07 Å². The molecule has 0 amide bonds. The van der Waals surface area contributed by atoms with Gasteiger partial charge in [-0.15, -0.1) is 0 Å². The van der Waals surface area contributed by atoms with Crippen molar-refractivity contribution < 1.29 is 4.39 Å². The van der Waals surface area contributed by atoms with Crippen LogP contribution >= 0.6 is 0 Å². The topological polar surface area (TPSA) is 4.93 Å². The second-order valence-corrected chi connectivity index (χ2v) is 6.16. The second-order valence-electron chi connectivity index (χ2n) is 6.16. The molecule has 0 fully saturated rings. The van der Waals surface area contributed by atoms with Gasteiger partial charge in [0.1, 0.15) is 5.82 Å². The fourth-order valence-electron chi connectivity index (χ4n) is 3.65. The zero-order chi connectivity index (χ0) is 15.6. The van der Waals surface area contributed by atoms with Gasteiger partial charge in [0.05, 0.1) is 5.52 Å². The average molecular weight is 299 g/mol. The normalized spacial score (nSPS) is 11.9. The maximum Gasteiger partial charge on any atom is 0.123 e. The molecule has 0 aliphatic rings. The van der Waals surface area contributed by atoms with E-state index in [1.165, 1.54) is 33.1 Å². The van der Waals surface area contributed by atoms with E-state index in [2.05, 4.69) is 60.3 Å². The van der Waals surface area contributed by atoms with E-state index >= 15 is 0 Å². The molecule has 0 N–H and O–H groups in total. The third-order valence-corrected chi connectivity index (χ3v) is 4.77. The second kappa shape index (κ2) is 4.32. The van der Waals surface area contributed by atoms with Gasteiger partial charge in [0.2, 0.25) is 0 Å². The number of aromatic nitrogens is 1. The Morgan fingerprint density at radius 1 is 0.652 bits per heavy atom. The van der Waals surface area contributed by atoms with E-state index in [0.717, 1.165) is 16.2 Å². The van der Waals surface area contributed by atoms with Crippen LogP contribution in [0.3, 0.4) is 0 Å². The molecule has 23 heavy (non-hydrogen) atoms. The molecule has 0 aliphatic carbocycles. The number of hydrogen-bond acceptors (Lipinski definition) is 0. The molecule has 1 heterocycles. The summed E-state index contributed by atoms with van der Waals surface area (Å²) in [5, 5.41) is 8.11. The standard InChI is InChI=1S/C21H14FN/c1-23-9-8-13-3-6-18-19(21(13)23)7-4-15-10-16-11-17(22)5-2-14(16)12-20(15)18/h2-12H,1H3. The maximum atomic E-state index is 13.5. The van der Waals surface area contributed by atoms with Crippen LogP contribution in [-0.4, -0.2) is 4.57 Å². The summed E-state index contributed by atoms with van der Waals surface area (Å²) in [4.78, 5) is 0. The molecule has 5 rings (SSSR count). The van der Waals surface area contributed by atoms with Gasteiger partial charge in [-0.2, -0.15) is 0 Å². The highest BCUT2D eigenvalue weighted by molar-refractivity contribution is 6.18. The van der Waals surface area contributed by atoms with Crippen LogP contribution in [-0.2, 0) is 7.05 Å². The largest absolute Gasteiger partial charge is 0.350 e. The molecule has 0 unspecified atom stereocenters. The van der Waals surface area contributed by atoms with Crippen LogP contribution < -0.4 is 0 Å². The number of hydrogen-bond donors (Lipinski definition) is 0. The predicted octanol–water partition coefficient (Wildman–Crippen LogP) is 5.78. The molecule has 1 aromatic heterocycles. The molecular formula is C21H14FN. The Hall–Kier alpha value is -2.87. The van der Waals surface area contributed by atoms with Crippen LogP contribution in [0.1, 0.15) is 0 Å². The summed E-state index contributed by atoms with van der Waals surface area (Å²) in [7, 11) is 2.08. The lowest BCUT2D eigenvalue weighted by atomic mass is 9.97. The van der Waals surface area contributed by atoms with E-state index in [0.29, 0.717) is 0 Å². The van der Waals surface area contributed by atoms with E-state index < -0.39 is 0 Å². The minimum absolute atomic E-state index is 0.192. The summed E-state index contributed by atoms with van der Waals surface area (Å²) in [5.74, 6) is -0.192. The average Bonchev–Trinajstić information content (AvgIpc) is 2.94. The van der Waals surface area contributed by atoms with Gasteiger partial charge in [-0.25, -0.2) is 4.39 Å². The summed E-state index contributed by atoms with van der Waals surface area (Å²) in [5.41, 5.74) is 1.25. The summed E-state index contributed by atoms with van der Waals surface area (Å²) in [6.07, 6.45) is 2.09. The number of halogens is 1. The highest BCUT2D eigenvalue weighted by Crippen LogP contribution is 2.33. The SMILES string of the molecule is Cn1ccc2ccc3c4cc5ccc(F)cc5cc4ccc3c21. The smallest absolute Gasteiger partial charge is 0.123 e. The lowest BCUT2D eigenvalue weighted by molar-refractivity contribution is 0.630. The van der Waals surface area contributed by atoms with Crippen molar-refractivity contribution in [2.75, 3.05) is 0 Å². The van der Waals surface area contributed by atoms with Gasteiger partial charge < -0.3 is 4.57 Å². The molecule has 1 nitrogen and oxygen atoms in total. The number of nitrogens with zero attached hydrogens (tertiary/aromatic N) is 1. The summed E-state index contributed by atoms with van der Waals surface area (Å²) in [6, 6.07) is 20.0. The zero-order valence-corrected chi connectivity index (χ0v) is 12.7. The maximum absolute atomic E-state index is 13.5. The van der Waals surface area contributed by atoms with Gasteiger partial charge in [0.25, 0.3) is 0 Å². The highest BCUT2D eigenvalue weighted by Gasteiger charge is 2.08. The van der Waals surface area contributed by atoms with Gasteiger partial charge in [-0.05, 0) is 57.3 Å². The molecular weight excluding hydrogens is 285 g/mol. The van der Waals surface area contributed by atoms with E-state index in [9.17, 15) is 4.39 Å². The van der Waals surface area contributed by atoms with Crippen LogP contribution in [0.2, 0.25) is 0 Å². The number of rotatable bonds is 0. The van der Waals surface area contributed by atoms with Crippen LogP contribution in [0.5, 0.6) is 0 Å². The first-order valence-corrected chi connectivity index (χ1v) is 7.70. The lowest BCUT2D eigenvalue weighted by Gasteiger charge is -2.09. The molecule has 0 atom stereocenters. The number of aryl methyl sites for hydroxylation is 1. The highest BCUT2D eigenvalue weighted by atomic mass is 19.1. The van der Waals surface area contributed by atoms with Gasteiger partial charge in [-0.3, -0.25) is 0 Å². The van der Waals surface area contributed by atoms with E-state index in [4.69, 9.17) is 0 Å². The Kier molecular flexibility index (Phi) is 2.38. The Morgan fingerprint density at radius 2 is 1.43 bits per heavy atom. The van der Waals surface area contributed by atoms with Crippen LogP contribution in [0.25, 0.3) is 43.2 Å². The summed E-state index contributed by atoms with van der Waals surface area (Å²) in [6.45, 7) is 0.